The fourth-order valence-electron chi connectivity index (χ4n) is 4.96. The Hall–Kier alpha value is -2.84. The second-order valence-corrected chi connectivity index (χ2v) is 11.4. The molecule has 198 valence electrons. The van der Waals surface area contributed by atoms with Crippen molar-refractivity contribution in [2.45, 2.75) is 42.4 Å². The van der Waals surface area contributed by atoms with Crippen LogP contribution in [0.15, 0.2) is 47.6 Å². The minimum absolute atomic E-state index is 0.0661. The van der Waals surface area contributed by atoms with Crippen molar-refractivity contribution in [3.8, 4) is 5.75 Å². The maximum absolute atomic E-state index is 14.1. The third kappa shape index (κ3) is 5.27. The lowest BCUT2D eigenvalue weighted by atomic mass is 9.84. The second-order valence-electron chi connectivity index (χ2n) is 8.89. The molecule has 3 atom stereocenters. The molecule has 0 amide bonds. The van der Waals surface area contributed by atoms with Gasteiger partial charge in [0.05, 0.1) is 17.4 Å². The predicted molar refractivity (Wildman–Crippen MR) is 125 cm³/mol. The molecule has 0 spiro atoms. The average Bonchev–Trinajstić information content (AvgIpc) is 3.36. The molecule has 1 aromatic heterocycles. The molecule has 1 N–H and O–H groups in total. The third-order valence-corrected chi connectivity index (χ3v) is 8.77. The molecule has 1 saturated heterocycles. The van der Waals surface area contributed by atoms with Crippen LogP contribution in [0.5, 0.6) is 5.75 Å². The molecule has 3 aromatic rings. The lowest BCUT2D eigenvalue weighted by Crippen LogP contribution is -2.44. The van der Waals surface area contributed by atoms with Gasteiger partial charge in [-0.25, -0.2) is 22.2 Å². The standard InChI is InChI=1S/C23H21F5N4O3S2/c24-17-4-1-13(9-18(17)25)20-10-14(23(26,27)28)5-7-32(20)19-6-8-35-21-11-15(2-3-16(19)21)37(33,34)31-22-29-12-30-36-22/h1-4,9,11-12,14,19-20H,5-8,10H2,(H,29,30,31)/t14?,19-,20+/m0/s1. The number of fused-ring (bicyclic) bond motifs is 1. The number of hydrogen-bond donors (Lipinski definition) is 1. The van der Waals surface area contributed by atoms with Crippen molar-refractivity contribution >= 4 is 26.7 Å². The topological polar surface area (TPSA) is 84.4 Å². The highest BCUT2D eigenvalue weighted by atomic mass is 32.2. The largest absolute Gasteiger partial charge is 0.493 e. The summed E-state index contributed by atoms with van der Waals surface area (Å²) in [6, 6.07) is 6.26. The molecule has 3 heterocycles. The second kappa shape index (κ2) is 9.80. The highest BCUT2D eigenvalue weighted by Crippen LogP contribution is 2.48. The zero-order valence-electron chi connectivity index (χ0n) is 19.1. The maximum atomic E-state index is 14.1. The smallest absolute Gasteiger partial charge is 0.391 e. The van der Waals surface area contributed by atoms with E-state index in [1.165, 1.54) is 24.5 Å². The van der Waals surface area contributed by atoms with Gasteiger partial charge in [0.25, 0.3) is 10.0 Å². The van der Waals surface area contributed by atoms with Crippen molar-refractivity contribution in [1.82, 2.24) is 14.3 Å². The molecule has 2 aliphatic heterocycles. The van der Waals surface area contributed by atoms with Gasteiger partial charge in [0.1, 0.15) is 12.1 Å². The van der Waals surface area contributed by atoms with Crippen LogP contribution in [0.3, 0.4) is 0 Å². The summed E-state index contributed by atoms with van der Waals surface area (Å²) in [6.45, 7) is 0.269. The van der Waals surface area contributed by atoms with E-state index in [2.05, 4.69) is 14.1 Å². The van der Waals surface area contributed by atoms with Gasteiger partial charge in [0.15, 0.2) is 11.6 Å². The summed E-state index contributed by atoms with van der Waals surface area (Å²) in [5.41, 5.74) is 0.862. The molecule has 1 fully saturated rings. The Labute approximate surface area is 213 Å². The molecule has 0 saturated carbocycles. The first kappa shape index (κ1) is 25.8. The number of aromatic nitrogens is 2. The van der Waals surface area contributed by atoms with Crippen molar-refractivity contribution < 1.29 is 35.1 Å². The lowest BCUT2D eigenvalue weighted by molar-refractivity contribution is -0.192. The summed E-state index contributed by atoms with van der Waals surface area (Å²) in [5, 5.41) is 0.0958. The SMILES string of the molecule is O=S(=O)(Nc1ncns1)c1ccc2c(c1)OCC[C@@H]2N1CCC(C(F)(F)F)C[C@@H]1c1ccc(F)c(F)c1. The number of piperidine rings is 1. The Kier molecular flexibility index (Phi) is 6.83. The molecule has 37 heavy (non-hydrogen) atoms. The Morgan fingerprint density at radius 1 is 1.05 bits per heavy atom. The van der Waals surface area contributed by atoms with Gasteiger partial charge in [-0.15, -0.1) is 0 Å². The van der Waals surface area contributed by atoms with Gasteiger partial charge >= 0.3 is 6.18 Å². The number of ether oxygens (including phenoxy) is 1. The number of halogens is 5. The van der Waals surface area contributed by atoms with Crippen molar-refractivity contribution in [2.24, 2.45) is 5.92 Å². The van der Waals surface area contributed by atoms with E-state index >= 15 is 0 Å². The van der Waals surface area contributed by atoms with Crippen molar-refractivity contribution in [1.29, 1.82) is 0 Å². The highest BCUT2D eigenvalue weighted by Gasteiger charge is 2.46. The fraction of sp³-hybridized carbons (Fsp3) is 0.391. The number of benzene rings is 2. The quantitative estimate of drug-likeness (QED) is 0.418. The third-order valence-electron chi connectivity index (χ3n) is 6.72. The predicted octanol–water partition coefficient (Wildman–Crippen LogP) is 5.46. The maximum Gasteiger partial charge on any atom is 0.391 e. The van der Waals surface area contributed by atoms with E-state index in [0.29, 0.717) is 17.7 Å². The van der Waals surface area contributed by atoms with Crippen LogP contribution in [0.1, 0.15) is 42.5 Å². The fourth-order valence-corrected chi connectivity index (χ4v) is 6.63. The summed E-state index contributed by atoms with van der Waals surface area (Å²) in [4.78, 5) is 5.59. The van der Waals surface area contributed by atoms with Gasteiger partial charge in [0, 0.05) is 41.7 Å². The van der Waals surface area contributed by atoms with Crippen molar-refractivity contribution in [2.75, 3.05) is 17.9 Å². The molecule has 0 aliphatic carbocycles. The van der Waals surface area contributed by atoms with Gasteiger partial charge in [-0.05, 0) is 43.1 Å². The van der Waals surface area contributed by atoms with E-state index < -0.39 is 45.8 Å². The molecular weight excluding hydrogens is 539 g/mol. The molecule has 0 radical (unpaired) electrons. The number of nitrogens with one attached hydrogen (secondary N) is 1. The van der Waals surface area contributed by atoms with E-state index in [1.54, 1.807) is 6.07 Å². The molecular formula is C23H21F5N4O3S2. The number of anilines is 1. The minimum Gasteiger partial charge on any atom is -0.493 e. The van der Waals surface area contributed by atoms with Crippen LogP contribution >= 0.6 is 11.5 Å². The Morgan fingerprint density at radius 3 is 2.57 bits per heavy atom. The summed E-state index contributed by atoms with van der Waals surface area (Å²) in [6.07, 6.45) is -3.22. The van der Waals surface area contributed by atoms with E-state index in [1.807, 2.05) is 4.90 Å². The molecule has 7 nitrogen and oxygen atoms in total. The number of alkyl halides is 3. The minimum atomic E-state index is -4.42. The van der Waals surface area contributed by atoms with Crippen LogP contribution in [-0.4, -0.2) is 42.0 Å². The molecule has 1 unspecified atom stereocenters. The Bertz CT molecular complexity index is 1390. The molecule has 14 heteroatoms. The van der Waals surface area contributed by atoms with Gasteiger partial charge in [-0.2, -0.15) is 17.5 Å². The van der Waals surface area contributed by atoms with E-state index in [4.69, 9.17) is 4.74 Å². The first-order chi connectivity index (χ1) is 17.5. The zero-order valence-corrected chi connectivity index (χ0v) is 20.7. The molecule has 0 bridgehead atoms. The first-order valence-electron chi connectivity index (χ1n) is 11.4. The highest BCUT2D eigenvalue weighted by molar-refractivity contribution is 7.93. The molecule has 2 aromatic carbocycles. The average molecular weight is 561 g/mol. The van der Waals surface area contributed by atoms with Crippen LogP contribution in [0.2, 0.25) is 0 Å². The lowest BCUT2D eigenvalue weighted by Gasteiger charge is -2.46. The summed E-state index contributed by atoms with van der Waals surface area (Å²) in [5.74, 6) is -3.50. The number of sulfonamides is 1. The number of nitrogens with zero attached hydrogens (tertiary/aromatic N) is 3. The zero-order chi connectivity index (χ0) is 26.4. The van der Waals surface area contributed by atoms with Crippen LogP contribution in [-0.2, 0) is 10.0 Å². The Balaban J connectivity index is 1.48. The summed E-state index contributed by atoms with van der Waals surface area (Å²) < 4.78 is 106. The van der Waals surface area contributed by atoms with Gasteiger partial charge < -0.3 is 4.74 Å². The van der Waals surface area contributed by atoms with E-state index in [9.17, 15) is 30.4 Å². The van der Waals surface area contributed by atoms with Crippen LogP contribution in [0.25, 0.3) is 0 Å². The van der Waals surface area contributed by atoms with Crippen LogP contribution in [0, 0.1) is 17.6 Å². The first-order valence-corrected chi connectivity index (χ1v) is 13.6. The van der Waals surface area contributed by atoms with Gasteiger partial charge in [0.2, 0.25) is 5.13 Å². The van der Waals surface area contributed by atoms with Gasteiger partial charge in [-0.1, -0.05) is 12.1 Å². The monoisotopic (exact) mass is 560 g/mol. The number of likely N-dealkylation sites (tertiary alicyclic amines) is 1. The van der Waals surface area contributed by atoms with Crippen LogP contribution in [0.4, 0.5) is 27.1 Å². The van der Waals surface area contributed by atoms with Crippen LogP contribution < -0.4 is 9.46 Å². The van der Waals surface area contributed by atoms with Gasteiger partial charge in [-0.3, -0.25) is 9.62 Å². The van der Waals surface area contributed by atoms with E-state index in [0.717, 1.165) is 23.7 Å². The summed E-state index contributed by atoms with van der Waals surface area (Å²) >= 11 is 0.875. The van der Waals surface area contributed by atoms with Crippen molar-refractivity contribution in [3.63, 3.8) is 0 Å². The van der Waals surface area contributed by atoms with E-state index in [-0.39, 0.29) is 41.6 Å². The molecule has 5 rings (SSSR count). The summed E-state index contributed by atoms with van der Waals surface area (Å²) in [7, 11) is -3.98. The Morgan fingerprint density at radius 2 is 1.86 bits per heavy atom. The number of rotatable bonds is 5. The molecule has 2 aliphatic rings. The van der Waals surface area contributed by atoms with Crippen molar-refractivity contribution in [3.05, 3.63) is 65.5 Å². The normalized spacial score (nSPS) is 22.8. The number of hydrogen-bond acceptors (Lipinski definition) is 7.